The highest BCUT2D eigenvalue weighted by molar-refractivity contribution is 5.69. The van der Waals surface area contributed by atoms with Gasteiger partial charge in [0.05, 0.1) is 5.92 Å². The highest BCUT2D eigenvalue weighted by Crippen LogP contribution is 2.37. The lowest BCUT2D eigenvalue weighted by Gasteiger charge is -2.31. The predicted octanol–water partition coefficient (Wildman–Crippen LogP) is 6.04. The maximum atomic E-state index is 11.1. The topological polar surface area (TPSA) is 37.3 Å². The molecule has 0 radical (unpaired) electrons. The van der Waals surface area contributed by atoms with Gasteiger partial charge in [0, 0.05) is 0 Å². The Balaban J connectivity index is 4.25. The highest BCUT2D eigenvalue weighted by Gasteiger charge is 2.28. The standard InChI is InChI=1S/C18H36O2/c1-5-7-9-10-12-14-18(4,13-11-8-6-2)15-16(3)17(19)20/h16H,5-15H2,1-4H3,(H,19,20). The summed E-state index contributed by atoms with van der Waals surface area (Å²) in [5.41, 5.74) is 0.221. The molecule has 0 fully saturated rings. The van der Waals surface area contributed by atoms with Crippen LogP contribution in [0.25, 0.3) is 0 Å². The lowest BCUT2D eigenvalue weighted by molar-refractivity contribution is -0.142. The van der Waals surface area contributed by atoms with Crippen LogP contribution >= 0.6 is 0 Å². The van der Waals surface area contributed by atoms with Crippen LogP contribution in [0.5, 0.6) is 0 Å². The second kappa shape index (κ2) is 11.2. The second-order valence-electron chi connectivity index (χ2n) is 6.88. The van der Waals surface area contributed by atoms with Crippen LogP contribution < -0.4 is 0 Å². The average Bonchev–Trinajstić information content (AvgIpc) is 2.38. The van der Waals surface area contributed by atoms with Crippen molar-refractivity contribution in [3.63, 3.8) is 0 Å². The van der Waals surface area contributed by atoms with Gasteiger partial charge in [0.25, 0.3) is 0 Å². The van der Waals surface area contributed by atoms with Gasteiger partial charge in [0.1, 0.15) is 0 Å². The molecule has 0 aliphatic rings. The first-order chi connectivity index (χ1) is 9.45. The van der Waals surface area contributed by atoms with Crippen molar-refractivity contribution in [3.8, 4) is 0 Å². The SMILES string of the molecule is CCCCCCCC(C)(CCCCC)CC(C)C(=O)O. The van der Waals surface area contributed by atoms with Gasteiger partial charge in [-0.3, -0.25) is 4.79 Å². The molecule has 20 heavy (non-hydrogen) atoms. The van der Waals surface area contributed by atoms with Gasteiger partial charge in [0.2, 0.25) is 0 Å². The molecule has 0 aliphatic carbocycles. The summed E-state index contributed by atoms with van der Waals surface area (Å²) in [7, 11) is 0. The number of hydrogen-bond donors (Lipinski definition) is 1. The fourth-order valence-corrected chi connectivity index (χ4v) is 3.11. The van der Waals surface area contributed by atoms with Gasteiger partial charge < -0.3 is 5.11 Å². The van der Waals surface area contributed by atoms with E-state index in [0.29, 0.717) is 0 Å². The lowest BCUT2D eigenvalue weighted by Crippen LogP contribution is -2.24. The minimum absolute atomic E-state index is 0.211. The number of carboxylic acid groups (broad SMARTS) is 1. The Bertz CT molecular complexity index is 250. The Morgan fingerprint density at radius 2 is 1.40 bits per heavy atom. The summed E-state index contributed by atoms with van der Waals surface area (Å²) in [5, 5.41) is 9.16. The third-order valence-corrected chi connectivity index (χ3v) is 4.49. The number of hydrogen-bond acceptors (Lipinski definition) is 1. The Morgan fingerprint density at radius 1 is 0.950 bits per heavy atom. The van der Waals surface area contributed by atoms with Crippen LogP contribution in [0.3, 0.4) is 0 Å². The first-order valence-corrected chi connectivity index (χ1v) is 8.68. The molecule has 0 saturated carbocycles. The Morgan fingerprint density at radius 3 is 1.90 bits per heavy atom. The van der Waals surface area contributed by atoms with Crippen molar-refractivity contribution in [1.29, 1.82) is 0 Å². The Hall–Kier alpha value is -0.530. The minimum Gasteiger partial charge on any atom is -0.481 e. The summed E-state index contributed by atoms with van der Waals surface area (Å²) < 4.78 is 0. The predicted molar refractivity (Wildman–Crippen MR) is 87.0 cm³/mol. The Labute approximate surface area is 126 Å². The van der Waals surface area contributed by atoms with E-state index < -0.39 is 5.97 Å². The molecule has 2 heteroatoms. The number of rotatable bonds is 13. The molecule has 0 aromatic rings. The zero-order valence-corrected chi connectivity index (χ0v) is 14.2. The molecule has 0 heterocycles. The molecule has 120 valence electrons. The van der Waals surface area contributed by atoms with Crippen LogP contribution in [0.15, 0.2) is 0 Å². The molecule has 0 bridgehead atoms. The fraction of sp³-hybridized carbons (Fsp3) is 0.944. The zero-order chi connectivity index (χ0) is 15.4. The van der Waals surface area contributed by atoms with E-state index in [1.165, 1.54) is 64.2 Å². The second-order valence-corrected chi connectivity index (χ2v) is 6.88. The van der Waals surface area contributed by atoms with Crippen LogP contribution in [-0.2, 0) is 4.79 Å². The quantitative estimate of drug-likeness (QED) is 0.418. The van der Waals surface area contributed by atoms with Crippen LogP contribution in [0.2, 0.25) is 0 Å². The number of aliphatic carboxylic acids is 1. The molecule has 0 aliphatic heterocycles. The maximum absolute atomic E-state index is 11.1. The maximum Gasteiger partial charge on any atom is 0.306 e. The normalized spacial score (nSPS) is 15.8. The number of carboxylic acids is 1. The van der Waals surface area contributed by atoms with Crippen LogP contribution in [-0.4, -0.2) is 11.1 Å². The van der Waals surface area contributed by atoms with Crippen molar-refractivity contribution in [3.05, 3.63) is 0 Å². The molecular formula is C18H36O2. The summed E-state index contributed by atoms with van der Waals surface area (Å²) >= 11 is 0. The smallest absolute Gasteiger partial charge is 0.306 e. The third kappa shape index (κ3) is 9.39. The molecule has 0 rings (SSSR count). The van der Waals surface area contributed by atoms with Gasteiger partial charge in [-0.15, -0.1) is 0 Å². The van der Waals surface area contributed by atoms with Crippen molar-refractivity contribution in [2.45, 2.75) is 98.3 Å². The largest absolute Gasteiger partial charge is 0.481 e. The van der Waals surface area contributed by atoms with Gasteiger partial charge in [-0.2, -0.15) is 0 Å². The third-order valence-electron chi connectivity index (χ3n) is 4.49. The molecule has 0 aromatic carbocycles. The van der Waals surface area contributed by atoms with E-state index in [0.717, 1.165) is 6.42 Å². The summed E-state index contributed by atoms with van der Waals surface area (Å²) in [4.78, 5) is 11.1. The van der Waals surface area contributed by atoms with Gasteiger partial charge in [-0.25, -0.2) is 0 Å². The van der Waals surface area contributed by atoms with E-state index in [1.807, 2.05) is 6.92 Å². The first-order valence-electron chi connectivity index (χ1n) is 8.68. The molecular weight excluding hydrogens is 248 g/mol. The molecule has 0 spiro atoms. The zero-order valence-electron chi connectivity index (χ0n) is 14.2. The summed E-state index contributed by atoms with van der Waals surface area (Å²) in [6.45, 7) is 8.63. The molecule has 1 N–H and O–H groups in total. The van der Waals surface area contributed by atoms with Crippen LogP contribution in [0.1, 0.15) is 98.3 Å². The van der Waals surface area contributed by atoms with Gasteiger partial charge >= 0.3 is 5.97 Å². The van der Waals surface area contributed by atoms with Crippen molar-refractivity contribution in [2.24, 2.45) is 11.3 Å². The van der Waals surface area contributed by atoms with Gasteiger partial charge in [0.15, 0.2) is 0 Å². The molecule has 2 unspecified atom stereocenters. The van der Waals surface area contributed by atoms with E-state index in [2.05, 4.69) is 20.8 Å². The highest BCUT2D eigenvalue weighted by atomic mass is 16.4. The van der Waals surface area contributed by atoms with Crippen molar-refractivity contribution in [1.82, 2.24) is 0 Å². The van der Waals surface area contributed by atoms with E-state index in [4.69, 9.17) is 5.11 Å². The van der Waals surface area contributed by atoms with Crippen molar-refractivity contribution >= 4 is 5.97 Å². The van der Waals surface area contributed by atoms with E-state index in [9.17, 15) is 4.79 Å². The Kier molecular flexibility index (Phi) is 10.9. The van der Waals surface area contributed by atoms with Gasteiger partial charge in [-0.1, -0.05) is 79.1 Å². The molecule has 0 aromatic heterocycles. The summed E-state index contributed by atoms with van der Waals surface area (Å²) in [5.74, 6) is -0.852. The fourth-order valence-electron chi connectivity index (χ4n) is 3.11. The van der Waals surface area contributed by atoms with Crippen molar-refractivity contribution < 1.29 is 9.90 Å². The molecule has 2 atom stereocenters. The van der Waals surface area contributed by atoms with Crippen molar-refractivity contribution in [2.75, 3.05) is 0 Å². The van der Waals surface area contributed by atoms with Gasteiger partial charge in [-0.05, 0) is 24.7 Å². The number of unbranched alkanes of at least 4 members (excludes halogenated alkanes) is 6. The monoisotopic (exact) mass is 284 g/mol. The van der Waals surface area contributed by atoms with Crippen LogP contribution in [0, 0.1) is 11.3 Å². The number of carbonyl (C=O) groups is 1. The first kappa shape index (κ1) is 19.5. The van der Waals surface area contributed by atoms with Crippen LogP contribution in [0.4, 0.5) is 0 Å². The average molecular weight is 284 g/mol. The summed E-state index contributed by atoms with van der Waals surface area (Å²) in [6.07, 6.45) is 13.5. The molecule has 0 amide bonds. The van der Waals surface area contributed by atoms with E-state index in [-0.39, 0.29) is 11.3 Å². The molecule has 0 saturated heterocycles. The minimum atomic E-state index is -0.641. The lowest BCUT2D eigenvalue weighted by atomic mass is 9.74. The van der Waals surface area contributed by atoms with E-state index in [1.54, 1.807) is 0 Å². The molecule has 2 nitrogen and oxygen atoms in total. The van der Waals surface area contributed by atoms with E-state index >= 15 is 0 Å². The summed E-state index contributed by atoms with van der Waals surface area (Å²) in [6, 6.07) is 0.